The summed E-state index contributed by atoms with van der Waals surface area (Å²) < 4.78 is 0. The Morgan fingerprint density at radius 1 is 1.10 bits per heavy atom. The topological polar surface area (TPSA) is 79.3 Å². The smallest absolute Gasteiger partial charge is 0.304 e. The molecule has 0 aliphatic rings. The van der Waals surface area contributed by atoms with Gasteiger partial charge < -0.3 is 10.4 Å². The van der Waals surface area contributed by atoms with Crippen molar-refractivity contribution in [2.24, 2.45) is 5.92 Å². The molecule has 0 saturated heterocycles. The number of carboxylic acid groups (broad SMARTS) is 1. The summed E-state index contributed by atoms with van der Waals surface area (Å²) in [4.78, 5) is 28.3. The van der Waals surface area contributed by atoms with Gasteiger partial charge in [0.15, 0.2) is 0 Å². The molecule has 3 rings (SSSR count). The first-order chi connectivity index (χ1) is 13.9. The van der Waals surface area contributed by atoms with E-state index in [0.29, 0.717) is 21.5 Å². The SMILES string of the molecule is O=C(O)C[C@@H](Cc1ccc(Cl)cc1)C(=O)NCc1nc(-c2ccccc2Cl)cs1. The quantitative estimate of drug-likeness (QED) is 0.504. The van der Waals surface area contributed by atoms with E-state index in [-0.39, 0.29) is 18.9 Å². The minimum absolute atomic E-state index is 0.227. The van der Waals surface area contributed by atoms with E-state index < -0.39 is 11.9 Å². The lowest BCUT2D eigenvalue weighted by Crippen LogP contribution is -2.33. The van der Waals surface area contributed by atoms with Crippen LogP contribution in [0.3, 0.4) is 0 Å². The summed E-state index contributed by atoms with van der Waals surface area (Å²) in [6.07, 6.45) is 0.0647. The molecule has 5 nitrogen and oxygen atoms in total. The molecule has 0 unspecified atom stereocenters. The third kappa shape index (κ3) is 6.03. The number of aliphatic carboxylic acids is 1. The van der Waals surface area contributed by atoms with Crippen molar-refractivity contribution in [2.75, 3.05) is 0 Å². The van der Waals surface area contributed by atoms with Crippen molar-refractivity contribution in [2.45, 2.75) is 19.4 Å². The van der Waals surface area contributed by atoms with Gasteiger partial charge in [-0.3, -0.25) is 9.59 Å². The van der Waals surface area contributed by atoms with Crippen molar-refractivity contribution in [1.29, 1.82) is 0 Å². The highest BCUT2D eigenvalue weighted by Gasteiger charge is 2.22. The summed E-state index contributed by atoms with van der Waals surface area (Å²) in [6.45, 7) is 0.227. The first-order valence-corrected chi connectivity index (χ1v) is 10.5. The van der Waals surface area contributed by atoms with Crippen molar-refractivity contribution in [3.8, 4) is 11.3 Å². The number of aromatic nitrogens is 1. The van der Waals surface area contributed by atoms with E-state index in [2.05, 4.69) is 10.3 Å². The molecule has 1 heterocycles. The van der Waals surface area contributed by atoms with Gasteiger partial charge in [-0.1, -0.05) is 53.5 Å². The number of nitrogens with zero attached hydrogens (tertiary/aromatic N) is 1. The Morgan fingerprint density at radius 3 is 2.52 bits per heavy atom. The number of halogens is 2. The Hall–Kier alpha value is -2.41. The summed E-state index contributed by atoms with van der Waals surface area (Å²) in [5, 5.41) is 15.8. The standard InChI is InChI=1S/C21H18Cl2N2O3S/c22-15-7-5-13(6-8-15)9-14(10-20(26)27)21(28)24-11-19-25-18(12-29-19)16-3-1-2-4-17(16)23/h1-8,12,14H,9-11H2,(H,24,28)(H,26,27)/t14-/m1/s1. The minimum atomic E-state index is -1.02. The molecule has 150 valence electrons. The van der Waals surface area contributed by atoms with E-state index in [1.165, 1.54) is 11.3 Å². The predicted octanol–water partition coefficient (Wildman–Crippen LogP) is 5.07. The van der Waals surface area contributed by atoms with Gasteiger partial charge >= 0.3 is 5.97 Å². The summed E-state index contributed by atoms with van der Waals surface area (Å²) in [5.74, 6) is -2.03. The van der Waals surface area contributed by atoms with Crippen LogP contribution in [-0.2, 0) is 22.6 Å². The average Bonchev–Trinajstić information content (AvgIpc) is 3.16. The lowest BCUT2D eigenvalue weighted by Gasteiger charge is -2.14. The third-order valence-corrected chi connectivity index (χ3v) is 5.73. The zero-order chi connectivity index (χ0) is 20.8. The Morgan fingerprint density at radius 2 is 1.83 bits per heavy atom. The van der Waals surface area contributed by atoms with Gasteiger partial charge in [0.1, 0.15) is 5.01 Å². The third-order valence-electron chi connectivity index (χ3n) is 4.30. The van der Waals surface area contributed by atoms with Gasteiger partial charge in [-0.25, -0.2) is 4.98 Å². The second-order valence-corrected chi connectivity index (χ2v) is 8.24. The molecule has 0 spiro atoms. The van der Waals surface area contributed by atoms with Crippen LogP contribution in [0.15, 0.2) is 53.9 Å². The number of benzene rings is 2. The minimum Gasteiger partial charge on any atom is -0.481 e. The highest BCUT2D eigenvalue weighted by atomic mass is 35.5. The first-order valence-electron chi connectivity index (χ1n) is 8.85. The summed E-state index contributed by atoms with van der Waals surface area (Å²) in [7, 11) is 0. The van der Waals surface area contributed by atoms with Gasteiger partial charge in [-0.05, 0) is 30.2 Å². The molecule has 1 aromatic heterocycles. The number of hydrogen-bond acceptors (Lipinski definition) is 4. The van der Waals surface area contributed by atoms with Crippen LogP contribution < -0.4 is 5.32 Å². The van der Waals surface area contributed by atoms with Crippen LogP contribution >= 0.6 is 34.5 Å². The molecule has 0 fully saturated rings. The molecule has 29 heavy (non-hydrogen) atoms. The first kappa shape index (κ1) is 21.3. The van der Waals surface area contributed by atoms with Crippen molar-refractivity contribution >= 4 is 46.4 Å². The van der Waals surface area contributed by atoms with Crippen LogP contribution in [0.25, 0.3) is 11.3 Å². The number of carbonyl (C=O) groups is 2. The lowest BCUT2D eigenvalue weighted by molar-refractivity contribution is -0.141. The van der Waals surface area contributed by atoms with Crippen LogP contribution in [0.2, 0.25) is 10.0 Å². The molecule has 1 atom stereocenters. The summed E-state index contributed by atoms with van der Waals surface area (Å²) in [6, 6.07) is 14.4. The Kier molecular flexibility index (Phi) is 7.25. The lowest BCUT2D eigenvalue weighted by atomic mass is 9.95. The van der Waals surface area contributed by atoms with Crippen molar-refractivity contribution in [1.82, 2.24) is 10.3 Å². The molecule has 2 N–H and O–H groups in total. The molecular weight excluding hydrogens is 431 g/mol. The molecule has 0 aliphatic carbocycles. The van der Waals surface area contributed by atoms with E-state index in [1.807, 2.05) is 23.6 Å². The molecule has 8 heteroatoms. The number of carboxylic acids is 1. The highest BCUT2D eigenvalue weighted by molar-refractivity contribution is 7.09. The normalized spacial score (nSPS) is 11.8. The number of nitrogens with one attached hydrogen (secondary N) is 1. The largest absolute Gasteiger partial charge is 0.481 e. The number of rotatable bonds is 8. The number of carbonyl (C=O) groups excluding carboxylic acids is 1. The summed E-state index contributed by atoms with van der Waals surface area (Å²) in [5.41, 5.74) is 2.42. The van der Waals surface area contributed by atoms with E-state index in [4.69, 9.17) is 23.2 Å². The van der Waals surface area contributed by atoms with Gasteiger partial charge in [0, 0.05) is 21.0 Å². The Bertz CT molecular complexity index is 1010. The maximum Gasteiger partial charge on any atom is 0.304 e. The maximum atomic E-state index is 12.6. The second kappa shape index (κ2) is 9.87. The highest BCUT2D eigenvalue weighted by Crippen LogP contribution is 2.28. The molecule has 0 radical (unpaired) electrons. The van der Waals surface area contributed by atoms with E-state index in [1.54, 1.807) is 30.3 Å². The second-order valence-electron chi connectivity index (χ2n) is 6.45. The summed E-state index contributed by atoms with van der Waals surface area (Å²) >= 11 is 13.5. The van der Waals surface area contributed by atoms with Crippen LogP contribution in [-0.4, -0.2) is 22.0 Å². The molecular formula is C21H18Cl2N2O3S. The van der Waals surface area contributed by atoms with Crippen molar-refractivity contribution in [3.63, 3.8) is 0 Å². The Labute approximate surface area is 182 Å². The van der Waals surface area contributed by atoms with Crippen LogP contribution in [0.4, 0.5) is 0 Å². The molecule has 2 aromatic carbocycles. The number of amides is 1. The van der Waals surface area contributed by atoms with Gasteiger partial charge in [0.25, 0.3) is 0 Å². The van der Waals surface area contributed by atoms with E-state index in [9.17, 15) is 14.7 Å². The average molecular weight is 449 g/mol. The van der Waals surface area contributed by atoms with Crippen molar-refractivity contribution in [3.05, 3.63) is 74.5 Å². The van der Waals surface area contributed by atoms with Crippen molar-refractivity contribution < 1.29 is 14.7 Å². The van der Waals surface area contributed by atoms with Gasteiger partial charge in [0.05, 0.1) is 24.6 Å². The van der Waals surface area contributed by atoms with Crippen LogP contribution in [0.1, 0.15) is 17.0 Å². The van der Waals surface area contributed by atoms with Gasteiger partial charge in [-0.2, -0.15) is 0 Å². The van der Waals surface area contributed by atoms with Crippen LogP contribution in [0.5, 0.6) is 0 Å². The monoisotopic (exact) mass is 448 g/mol. The molecule has 0 bridgehead atoms. The molecule has 0 saturated carbocycles. The van der Waals surface area contributed by atoms with Gasteiger partial charge in [0.2, 0.25) is 5.91 Å². The zero-order valence-corrected chi connectivity index (χ0v) is 17.6. The molecule has 3 aromatic rings. The molecule has 0 aliphatic heterocycles. The molecule has 1 amide bonds. The zero-order valence-electron chi connectivity index (χ0n) is 15.3. The maximum absolute atomic E-state index is 12.6. The van der Waals surface area contributed by atoms with Crippen LogP contribution in [0, 0.1) is 5.92 Å². The van der Waals surface area contributed by atoms with Gasteiger partial charge in [-0.15, -0.1) is 11.3 Å². The van der Waals surface area contributed by atoms with E-state index >= 15 is 0 Å². The number of hydrogen-bond donors (Lipinski definition) is 2. The fourth-order valence-corrected chi connectivity index (χ4v) is 3.96. The predicted molar refractivity (Wildman–Crippen MR) is 115 cm³/mol. The Balaban J connectivity index is 1.64. The fraction of sp³-hybridized carbons (Fsp3) is 0.190. The van der Waals surface area contributed by atoms with E-state index in [0.717, 1.165) is 16.8 Å². The fourth-order valence-electron chi connectivity index (χ4n) is 2.87. The number of thiazole rings is 1.